The second-order valence-corrected chi connectivity index (χ2v) is 8.52. The van der Waals surface area contributed by atoms with Gasteiger partial charge in [0.05, 0.1) is 12.2 Å². The molecule has 1 saturated heterocycles. The van der Waals surface area contributed by atoms with Crippen LogP contribution in [0.5, 0.6) is 0 Å². The standard InChI is InChI=1S/C24H24F2N6O2/c25-18-11-17(12-19(26)13-18)21-4-5-22(33)32(30-21)14-15-2-1-3-16(10-15)23-29-24(34-31-23)28-20-6-8-27-9-7-20/h1-5,11-13,16,20,27H,6-10,14H2,(H,28,29,31). The van der Waals surface area contributed by atoms with Gasteiger partial charge in [-0.2, -0.15) is 10.1 Å². The van der Waals surface area contributed by atoms with Crippen molar-refractivity contribution in [3.05, 3.63) is 81.9 Å². The quantitative estimate of drug-likeness (QED) is 0.575. The molecule has 3 aromatic rings. The Balaban J connectivity index is 1.28. The highest BCUT2D eigenvalue weighted by Gasteiger charge is 2.22. The molecule has 2 aliphatic rings. The fourth-order valence-corrected chi connectivity index (χ4v) is 4.23. The Kier molecular flexibility index (Phi) is 6.31. The highest BCUT2D eigenvalue weighted by molar-refractivity contribution is 5.58. The Morgan fingerprint density at radius 2 is 1.94 bits per heavy atom. The van der Waals surface area contributed by atoms with Crippen molar-refractivity contribution in [3.8, 4) is 11.3 Å². The van der Waals surface area contributed by atoms with Crippen molar-refractivity contribution in [2.75, 3.05) is 18.4 Å². The molecule has 5 rings (SSSR count). The average molecular weight is 466 g/mol. The number of rotatable bonds is 6. The monoisotopic (exact) mass is 466 g/mol. The first kappa shape index (κ1) is 22.1. The van der Waals surface area contributed by atoms with Crippen LogP contribution >= 0.6 is 0 Å². The van der Waals surface area contributed by atoms with E-state index in [0.717, 1.165) is 37.6 Å². The van der Waals surface area contributed by atoms with Crippen LogP contribution in [0.25, 0.3) is 11.3 Å². The molecule has 34 heavy (non-hydrogen) atoms. The third-order valence-corrected chi connectivity index (χ3v) is 5.98. The molecule has 0 amide bonds. The molecule has 1 aliphatic carbocycles. The number of allylic oxidation sites excluding steroid dienone is 4. The summed E-state index contributed by atoms with van der Waals surface area (Å²) in [6.45, 7) is 2.16. The summed E-state index contributed by atoms with van der Waals surface area (Å²) in [7, 11) is 0. The van der Waals surface area contributed by atoms with Crippen molar-refractivity contribution < 1.29 is 13.3 Å². The molecule has 0 spiro atoms. The van der Waals surface area contributed by atoms with E-state index >= 15 is 0 Å². The number of aromatic nitrogens is 4. The van der Waals surface area contributed by atoms with Gasteiger partial charge in [-0.25, -0.2) is 13.5 Å². The number of piperidine rings is 1. The number of halogens is 2. The fourth-order valence-electron chi connectivity index (χ4n) is 4.23. The Hall–Kier alpha value is -3.66. The molecule has 3 heterocycles. The van der Waals surface area contributed by atoms with Gasteiger partial charge < -0.3 is 15.2 Å². The zero-order chi connectivity index (χ0) is 23.5. The Labute approximate surface area is 194 Å². The van der Waals surface area contributed by atoms with Crippen molar-refractivity contribution in [1.82, 2.24) is 25.2 Å². The summed E-state index contributed by atoms with van der Waals surface area (Å²) in [6.07, 6.45) is 8.40. The van der Waals surface area contributed by atoms with Gasteiger partial charge in [0.2, 0.25) is 0 Å². The van der Waals surface area contributed by atoms with E-state index in [2.05, 4.69) is 25.9 Å². The molecule has 0 radical (unpaired) electrons. The van der Waals surface area contributed by atoms with Crippen LogP contribution in [0.1, 0.15) is 31.0 Å². The van der Waals surface area contributed by atoms with Gasteiger partial charge in [-0.3, -0.25) is 4.79 Å². The Bertz CT molecular complexity index is 1270. The maximum absolute atomic E-state index is 13.6. The van der Waals surface area contributed by atoms with Crippen LogP contribution in [-0.2, 0) is 6.54 Å². The lowest BCUT2D eigenvalue weighted by atomic mass is 9.93. The summed E-state index contributed by atoms with van der Waals surface area (Å²) in [6, 6.07) is 6.70. The maximum atomic E-state index is 13.6. The molecular weight excluding hydrogens is 442 g/mol. The Morgan fingerprint density at radius 3 is 2.74 bits per heavy atom. The molecule has 8 nitrogen and oxygen atoms in total. The molecule has 10 heteroatoms. The van der Waals surface area contributed by atoms with Crippen LogP contribution in [0.2, 0.25) is 0 Å². The van der Waals surface area contributed by atoms with E-state index < -0.39 is 11.6 Å². The molecule has 176 valence electrons. The first-order valence-electron chi connectivity index (χ1n) is 11.3. The zero-order valence-electron chi connectivity index (χ0n) is 18.4. The zero-order valence-corrected chi connectivity index (χ0v) is 18.4. The van der Waals surface area contributed by atoms with Gasteiger partial charge in [-0.05, 0) is 56.1 Å². The van der Waals surface area contributed by atoms with Gasteiger partial charge in [0.15, 0.2) is 5.82 Å². The van der Waals surface area contributed by atoms with E-state index in [0.29, 0.717) is 30.0 Å². The summed E-state index contributed by atoms with van der Waals surface area (Å²) in [5.74, 6) is -0.926. The molecule has 1 unspecified atom stereocenters. The summed E-state index contributed by atoms with van der Waals surface area (Å²) in [5, 5.41) is 15.1. The maximum Gasteiger partial charge on any atom is 0.321 e. The summed E-state index contributed by atoms with van der Waals surface area (Å²) in [5.41, 5.74) is 1.22. The first-order valence-corrected chi connectivity index (χ1v) is 11.3. The molecule has 1 fully saturated rings. The summed E-state index contributed by atoms with van der Waals surface area (Å²) < 4.78 is 33.9. The van der Waals surface area contributed by atoms with Gasteiger partial charge in [0, 0.05) is 29.7 Å². The molecule has 0 bridgehead atoms. The molecule has 1 aliphatic heterocycles. The van der Waals surface area contributed by atoms with Crippen molar-refractivity contribution in [2.45, 2.75) is 37.8 Å². The number of nitrogens with zero attached hydrogens (tertiary/aromatic N) is 4. The largest absolute Gasteiger partial charge is 0.335 e. The normalized spacial score (nSPS) is 18.6. The minimum Gasteiger partial charge on any atom is -0.335 e. The predicted octanol–water partition coefficient (Wildman–Crippen LogP) is 3.41. The number of anilines is 1. The van der Waals surface area contributed by atoms with Crippen LogP contribution in [-0.4, -0.2) is 39.1 Å². The van der Waals surface area contributed by atoms with Gasteiger partial charge in [0.1, 0.15) is 11.6 Å². The number of hydrogen-bond acceptors (Lipinski definition) is 7. The second-order valence-electron chi connectivity index (χ2n) is 8.52. The second kappa shape index (κ2) is 9.68. The van der Waals surface area contributed by atoms with Crippen LogP contribution in [0.4, 0.5) is 14.8 Å². The van der Waals surface area contributed by atoms with E-state index in [-0.39, 0.29) is 23.6 Å². The van der Waals surface area contributed by atoms with Crippen molar-refractivity contribution >= 4 is 6.01 Å². The van der Waals surface area contributed by atoms with E-state index in [9.17, 15) is 13.6 Å². The van der Waals surface area contributed by atoms with Gasteiger partial charge in [-0.15, -0.1) is 0 Å². The van der Waals surface area contributed by atoms with Crippen molar-refractivity contribution in [2.24, 2.45) is 0 Å². The first-order chi connectivity index (χ1) is 16.5. The molecule has 1 atom stereocenters. The van der Waals surface area contributed by atoms with Crippen LogP contribution in [0.15, 0.2) is 63.5 Å². The minimum absolute atomic E-state index is 0.0940. The van der Waals surface area contributed by atoms with Gasteiger partial charge >= 0.3 is 6.01 Å². The molecule has 1 aromatic carbocycles. The van der Waals surface area contributed by atoms with E-state index in [1.807, 2.05) is 18.2 Å². The van der Waals surface area contributed by atoms with E-state index in [1.165, 1.54) is 28.9 Å². The van der Waals surface area contributed by atoms with E-state index in [4.69, 9.17) is 4.52 Å². The van der Waals surface area contributed by atoms with Gasteiger partial charge in [0.25, 0.3) is 5.56 Å². The predicted molar refractivity (Wildman–Crippen MR) is 122 cm³/mol. The smallest absolute Gasteiger partial charge is 0.321 e. The number of hydrogen-bond donors (Lipinski definition) is 2. The minimum atomic E-state index is -0.702. The highest BCUT2D eigenvalue weighted by Crippen LogP contribution is 2.28. The molecule has 2 aromatic heterocycles. The number of nitrogens with one attached hydrogen (secondary N) is 2. The summed E-state index contributed by atoms with van der Waals surface area (Å²) in [4.78, 5) is 16.9. The lowest BCUT2D eigenvalue weighted by Gasteiger charge is -2.22. The third kappa shape index (κ3) is 5.12. The van der Waals surface area contributed by atoms with Crippen molar-refractivity contribution in [3.63, 3.8) is 0 Å². The lowest BCUT2D eigenvalue weighted by Crippen LogP contribution is -2.35. The molecule has 2 N–H and O–H groups in total. The highest BCUT2D eigenvalue weighted by atomic mass is 19.1. The average Bonchev–Trinajstić information content (AvgIpc) is 3.29. The van der Waals surface area contributed by atoms with Crippen LogP contribution in [0, 0.1) is 11.6 Å². The fraction of sp³-hybridized carbons (Fsp3) is 0.333. The molecule has 0 saturated carbocycles. The lowest BCUT2D eigenvalue weighted by molar-refractivity contribution is 0.403. The van der Waals surface area contributed by atoms with E-state index in [1.54, 1.807) is 0 Å². The van der Waals surface area contributed by atoms with Crippen LogP contribution in [0.3, 0.4) is 0 Å². The third-order valence-electron chi connectivity index (χ3n) is 5.98. The number of benzene rings is 1. The van der Waals surface area contributed by atoms with Crippen molar-refractivity contribution in [1.29, 1.82) is 0 Å². The summed E-state index contributed by atoms with van der Waals surface area (Å²) >= 11 is 0. The SMILES string of the molecule is O=c1ccc(-c2cc(F)cc(F)c2)nn1CC1=CC=CC(c2noc(NC3CCNCC3)n2)C1. The molecular formula is C24H24F2N6O2. The Morgan fingerprint density at radius 1 is 1.15 bits per heavy atom. The topological polar surface area (TPSA) is 97.9 Å². The van der Waals surface area contributed by atoms with Crippen LogP contribution < -0.4 is 16.2 Å². The van der Waals surface area contributed by atoms with Gasteiger partial charge in [-0.1, -0.05) is 23.4 Å².